The summed E-state index contributed by atoms with van der Waals surface area (Å²) >= 11 is 0. The third-order valence-corrected chi connectivity index (χ3v) is 4.72. The topological polar surface area (TPSA) is 56.1 Å². The van der Waals surface area contributed by atoms with Crippen molar-refractivity contribution >= 4 is 11.6 Å². The normalized spacial score (nSPS) is 17.4. The summed E-state index contributed by atoms with van der Waals surface area (Å²) in [4.78, 5) is 13.8. The van der Waals surface area contributed by atoms with Crippen LogP contribution in [-0.2, 0) is 10.4 Å². The van der Waals surface area contributed by atoms with Gasteiger partial charge in [-0.25, -0.2) is 13.7 Å². The fraction of sp³-hybridized carbons (Fsp3) is 0.579. The quantitative estimate of drug-likeness (QED) is 0.813. The molecule has 0 saturated carbocycles. The Morgan fingerprint density at radius 1 is 1.31 bits per heavy atom. The summed E-state index contributed by atoms with van der Waals surface area (Å²) in [5.74, 6) is 0.466. The number of pyridine rings is 1. The number of fused-ring (bicyclic) bond motifs is 1. The highest BCUT2D eigenvalue weighted by Gasteiger charge is 2.41. The second-order valence-corrected chi connectivity index (χ2v) is 7.85. The molecule has 3 heterocycles. The maximum absolute atomic E-state index is 15.8. The molecule has 142 valence electrons. The molecule has 6 nitrogen and oxygen atoms in total. The molecule has 2 aromatic rings. The predicted octanol–water partition coefficient (Wildman–Crippen LogP) is 3.85. The van der Waals surface area contributed by atoms with Crippen LogP contribution in [0, 0.1) is 6.92 Å². The monoisotopic (exact) mass is 363 g/mol. The van der Waals surface area contributed by atoms with E-state index in [1.54, 1.807) is 21.8 Å². The third-order valence-electron chi connectivity index (χ3n) is 4.72. The molecule has 26 heavy (non-hydrogen) atoms. The van der Waals surface area contributed by atoms with Crippen molar-refractivity contribution in [3.63, 3.8) is 0 Å². The molecule has 1 fully saturated rings. The van der Waals surface area contributed by atoms with Gasteiger partial charge in [0, 0.05) is 31.5 Å². The van der Waals surface area contributed by atoms with Gasteiger partial charge in [0.25, 0.3) is 0 Å². The van der Waals surface area contributed by atoms with Gasteiger partial charge in [-0.2, -0.15) is 5.10 Å². The molecule has 1 saturated heterocycles. The number of aromatic nitrogens is 2. The minimum Gasteiger partial charge on any atom is -0.495 e. The Morgan fingerprint density at radius 3 is 2.54 bits per heavy atom. The number of nitrogens with zero attached hydrogens (tertiary/aromatic N) is 3. The molecule has 0 radical (unpaired) electrons. The number of aryl methyl sites for hydroxylation is 1. The van der Waals surface area contributed by atoms with Crippen molar-refractivity contribution in [2.24, 2.45) is 0 Å². The molecule has 0 aliphatic carbocycles. The first-order valence-electron chi connectivity index (χ1n) is 8.82. The van der Waals surface area contributed by atoms with Gasteiger partial charge in [0.15, 0.2) is 0 Å². The summed E-state index contributed by atoms with van der Waals surface area (Å²) in [6, 6.07) is 1.81. The smallest absolute Gasteiger partial charge is 0.410 e. The second-order valence-electron chi connectivity index (χ2n) is 7.85. The SMILES string of the molecule is COc1cn2ncc(C)c2cc1C1(F)CCN(C(=O)OC(C)(C)C)CC1. The minimum absolute atomic E-state index is 0.200. The van der Waals surface area contributed by atoms with Crippen molar-refractivity contribution in [1.29, 1.82) is 0 Å². The molecule has 0 aromatic carbocycles. The van der Waals surface area contributed by atoms with Gasteiger partial charge in [0.2, 0.25) is 0 Å². The first kappa shape index (κ1) is 18.5. The maximum Gasteiger partial charge on any atom is 0.410 e. The Bertz CT molecular complexity index is 817. The second kappa shape index (κ2) is 6.45. The van der Waals surface area contributed by atoms with Crippen LogP contribution >= 0.6 is 0 Å². The largest absolute Gasteiger partial charge is 0.495 e. The van der Waals surface area contributed by atoms with Gasteiger partial charge in [-0.3, -0.25) is 0 Å². The van der Waals surface area contributed by atoms with Crippen LogP contribution in [0.15, 0.2) is 18.5 Å². The van der Waals surface area contributed by atoms with E-state index in [-0.39, 0.29) is 12.8 Å². The summed E-state index contributed by atoms with van der Waals surface area (Å²) in [6.07, 6.45) is 3.46. The highest BCUT2D eigenvalue weighted by molar-refractivity contribution is 5.68. The van der Waals surface area contributed by atoms with Crippen molar-refractivity contribution < 1.29 is 18.7 Å². The van der Waals surface area contributed by atoms with E-state index >= 15 is 4.39 Å². The van der Waals surface area contributed by atoms with Crippen LogP contribution in [-0.4, -0.2) is 46.4 Å². The molecule has 2 aromatic heterocycles. The number of carbonyl (C=O) groups is 1. The average Bonchev–Trinajstić information content (AvgIpc) is 2.93. The lowest BCUT2D eigenvalue weighted by atomic mass is 9.86. The Balaban J connectivity index is 1.83. The van der Waals surface area contributed by atoms with Crippen LogP contribution < -0.4 is 4.74 Å². The highest BCUT2D eigenvalue weighted by Crippen LogP contribution is 2.42. The van der Waals surface area contributed by atoms with E-state index in [2.05, 4.69) is 5.10 Å². The van der Waals surface area contributed by atoms with Crippen LogP contribution in [0.1, 0.15) is 44.7 Å². The summed E-state index contributed by atoms with van der Waals surface area (Å²) < 4.78 is 28.3. The van der Waals surface area contributed by atoms with E-state index in [1.165, 1.54) is 7.11 Å². The summed E-state index contributed by atoms with van der Waals surface area (Å²) in [5, 5.41) is 4.25. The van der Waals surface area contributed by atoms with Gasteiger partial charge < -0.3 is 14.4 Å². The number of methoxy groups -OCH3 is 1. The number of carbonyl (C=O) groups excluding carboxylic acids is 1. The van der Waals surface area contributed by atoms with E-state index < -0.39 is 17.4 Å². The number of amides is 1. The fourth-order valence-corrected chi connectivity index (χ4v) is 3.28. The Morgan fingerprint density at radius 2 is 1.96 bits per heavy atom. The number of piperidine rings is 1. The molecule has 7 heteroatoms. The zero-order valence-corrected chi connectivity index (χ0v) is 16.0. The van der Waals surface area contributed by atoms with E-state index in [9.17, 15) is 4.79 Å². The highest BCUT2D eigenvalue weighted by atomic mass is 19.1. The van der Waals surface area contributed by atoms with Crippen LogP contribution in [0.2, 0.25) is 0 Å². The summed E-state index contributed by atoms with van der Waals surface area (Å²) in [5.41, 5.74) is 0.230. The van der Waals surface area contributed by atoms with Crippen LogP contribution in [0.5, 0.6) is 5.75 Å². The van der Waals surface area contributed by atoms with E-state index in [0.29, 0.717) is 24.4 Å². The van der Waals surface area contributed by atoms with Crippen LogP contribution in [0.25, 0.3) is 5.52 Å². The molecule has 1 aliphatic heterocycles. The molecule has 1 amide bonds. The van der Waals surface area contributed by atoms with Gasteiger partial charge in [-0.05, 0) is 39.3 Å². The molecule has 3 rings (SSSR count). The first-order chi connectivity index (χ1) is 12.1. The lowest BCUT2D eigenvalue weighted by Gasteiger charge is -2.37. The van der Waals surface area contributed by atoms with Gasteiger partial charge in [0.05, 0.1) is 25.0 Å². The lowest BCUT2D eigenvalue weighted by molar-refractivity contribution is 0.00178. The van der Waals surface area contributed by atoms with Crippen molar-refractivity contribution in [3.8, 4) is 5.75 Å². The summed E-state index contributed by atoms with van der Waals surface area (Å²) in [6.45, 7) is 8.01. The number of likely N-dealkylation sites (tertiary alicyclic amines) is 1. The molecular weight excluding hydrogens is 337 g/mol. The van der Waals surface area contributed by atoms with Crippen LogP contribution in [0.3, 0.4) is 0 Å². The van der Waals surface area contributed by atoms with E-state index in [1.807, 2.05) is 33.8 Å². The zero-order valence-electron chi connectivity index (χ0n) is 16.0. The Labute approximate surface area is 152 Å². The number of hydrogen-bond donors (Lipinski definition) is 0. The van der Waals surface area contributed by atoms with Crippen molar-refractivity contribution in [1.82, 2.24) is 14.5 Å². The van der Waals surface area contributed by atoms with Crippen molar-refractivity contribution in [3.05, 3.63) is 29.6 Å². The van der Waals surface area contributed by atoms with Crippen molar-refractivity contribution in [2.75, 3.05) is 20.2 Å². The number of halogens is 1. The molecule has 0 unspecified atom stereocenters. The fourth-order valence-electron chi connectivity index (χ4n) is 3.28. The molecule has 1 aliphatic rings. The standard InChI is InChI=1S/C19H26FN3O3/c1-13-11-21-23-12-16(25-5)14(10-15(13)23)19(20)6-8-22(9-7-19)17(24)26-18(2,3)4/h10-12H,6-9H2,1-5H3. The Hall–Kier alpha value is -2.31. The summed E-state index contributed by atoms with van der Waals surface area (Å²) in [7, 11) is 1.53. The Kier molecular flexibility index (Phi) is 4.58. The van der Waals surface area contributed by atoms with Crippen molar-refractivity contribution in [2.45, 2.75) is 51.8 Å². The predicted molar refractivity (Wildman–Crippen MR) is 96.3 cm³/mol. The van der Waals surface area contributed by atoms with Gasteiger partial charge in [-0.15, -0.1) is 0 Å². The first-order valence-corrected chi connectivity index (χ1v) is 8.82. The van der Waals surface area contributed by atoms with Crippen LogP contribution in [0.4, 0.5) is 9.18 Å². The molecule has 0 N–H and O–H groups in total. The third kappa shape index (κ3) is 3.48. The molecule has 0 bridgehead atoms. The number of rotatable bonds is 2. The lowest BCUT2D eigenvalue weighted by Crippen LogP contribution is -2.45. The molecule has 0 atom stereocenters. The number of hydrogen-bond acceptors (Lipinski definition) is 4. The van der Waals surface area contributed by atoms with Gasteiger partial charge in [0.1, 0.15) is 17.0 Å². The maximum atomic E-state index is 15.8. The molecule has 0 spiro atoms. The number of alkyl halides is 1. The van der Waals surface area contributed by atoms with E-state index in [0.717, 1.165) is 11.1 Å². The van der Waals surface area contributed by atoms with E-state index in [4.69, 9.17) is 9.47 Å². The zero-order chi connectivity index (χ0) is 19.1. The van der Waals surface area contributed by atoms with Gasteiger partial charge in [-0.1, -0.05) is 0 Å². The van der Waals surface area contributed by atoms with Gasteiger partial charge >= 0.3 is 6.09 Å². The average molecular weight is 363 g/mol. The minimum atomic E-state index is -1.55. The number of ether oxygens (including phenoxy) is 2. The molecular formula is C19H26FN3O3.